The van der Waals surface area contributed by atoms with Crippen molar-refractivity contribution in [2.24, 2.45) is 0 Å². The highest BCUT2D eigenvalue weighted by atomic mass is 19.1. The van der Waals surface area contributed by atoms with E-state index in [4.69, 9.17) is 4.74 Å². The van der Waals surface area contributed by atoms with E-state index in [9.17, 15) is 18.4 Å². The smallest absolute Gasteiger partial charge is 0.250 e. The van der Waals surface area contributed by atoms with Crippen molar-refractivity contribution in [3.05, 3.63) is 48.0 Å². The number of hydrogen-bond acceptors (Lipinski definition) is 5. The van der Waals surface area contributed by atoms with Crippen molar-refractivity contribution >= 4 is 34.6 Å². The van der Waals surface area contributed by atoms with Crippen molar-refractivity contribution in [1.29, 1.82) is 0 Å². The summed E-state index contributed by atoms with van der Waals surface area (Å²) < 4.78 is 33.7. The Kier molecular flexibility index (Phi) is 9.16. The molecule has 0 saturated heterocycles. The molecule has 0 unspecified atom stereocenters. The van der Waals surface area contributed by atoms with Gasteiger partial charge in [0.2, 0.25) is 11.8 Å². The van der Waals surface area contributed by atoms with Crippen LogP contribution in [0.5, 0.6) is 0 Å². The van der Waals surface area contributed by atoms with Crippen LogP contribution in [-0.4, -0.2) is 51.2 Å². The molecule has 180 valence electrons. The second kappa shape index (κ2) is 11.6. The number of amides is 2. The number of nitrogens with zero attached hydrogens (tertiary/aromatic N) is 2. The molecule has 0 bridgehead atoms. The van der Waals surface area contributed by atoms with E-state index in [-0.39, 0.29) is 23.5 Å². The minimum atomic E-state index is -0.528. The van der Waals surface area contributed by atoms with Crippen molar-refractivity contribution < 1.29 is 23.1 Å². The maximum Gasteiger partial charge on any atom is 0.250 e. The van der Waals surface area contributed by atoms with Gasteiger partial charge in [0.05, 0.1) is 11.4 Å². The Morgan fingerprint density at radius 2 is 1.15 bits per heavy atom. The van der Waals surface area contributed by atoms with Crippen LogP contribution >= 0.6 is 0 Å². The van der Waals surface area contributed by atoms with E-state index in [2.05, 4.69) is 10.6 Å². The van der Waals surface area contributed by atoms with Crippen LogP contribution in [0.3, 0.4) is 0 Å². The first kappa shape index (κ1) is 26.1. The van der Waals surface area contributed by atoms with Gasteiger partial charge < -0.3 is 25.2 Å². The lowest BCUT2D eigenvalue weighted by Gasteiger charge is -2.24. The number of hydrogen-bond donors (Lipinski definition) is 2. The molecule has 0 saturated carbocycles. The first-order chi connectivity index (χ1) is 15.5. The van der Waals surface area contributed by atoms with Crippen LogP contribution in [0, 0.1) is 11.6 Å². The predicted octanol–water partition coefficient (Wildman–Crippen LogP) is 4.25. The number of carbonyl (C=O) groups excluding carboxylic acids is 2. The summed E-state index contributed by atoms with van der Waals surface area (Å²) >= 11 is 0. The fourth-order valence-corrected chi connectivity index (χ4v) is 2.93. The highest BCUT2D eigenvalue weighted by molar-refractivity contribution is 5.93. The second-order valence-corrected chi connectivity index (χ2v) is 8.33. The minimum Gasteiger partial charge on any atom is -0.370 e. The van der Waals surface area contributed by atoms with E-state index < -0.39 is 36.7 Å². The van der Waals surface area contributed by atoms with E-state index in [1.165, 1.54) is 12.1 Å². The first-order valence-electron chi connectivity index (χ1n) is 10.7. The Hall–Kier alpha value is -3.20. The van der Waals surface area contributed by atoms with Gasteiger partial charge in [0.1, 0.15) is 24.8 Å². The number of rotatable bonds is 10. The Labute approximate surface area is 193 Å². The van der Waals surface area contributed by atoms with Crippen molar-refractivity contribution in [2.75, 3.05) is 47.7 Å². The second-order valence-electron chi connectivity index (χ2n) is 8.33. The number of carbonyl (C=O) groups is 2. The summed E-state index contributed by atoms with van der Waals surface area (Å²) in [5.74, 6) is -1.97. The molecular formula is C24H32F2N4O3. The standard InChI is InChI=1S/C24H32F2N4O3/c1-15(2)29(5)21-9-7-17(11-19(21)25)27-23(31)13-33-14-24(32)28-18-8-10-22(20(26)12-18)30(6)16(3)4/h7-12,15-16H,13-14H2,1-6H3,(H,27,31)(H,28,32). The molecule has 2 N–H and O–H groups in total. The zero-order valence-electron chi connectivity index (χ0n) is 19.9. The lowest BCUT2D eigenvalue weighted by atomic mass is 10.2. The van der Waals surface area contributed by atoms with E-state index in [1.807, 2.05) is 27.7 Å². The number of benzene rings is 2. The molecule has 2 aromatic rings. The van der Waals surface area contributed by atoms with Crippen LogP contribution in [0.1, 0.15) is 27.7 Å². The van der Waals surface area contributed by atoms with Crippen LogP contribution in [0.4, 0.5) is 31.5 Å². The highest BCUT2D eigenvalue weighted by Gasteiger charge is 2.14. The van der Waals surface area contributed by atoms with Gasteiger partial charge in [-0.15, -0.1) is 0 Å². The zero-order valence-corrected chi connectivity index (χ0v) is 19.9. The van der Waals surface area contributed by atoms with Gasteiger partial charge in [-0.2, -0.15) is 0 Å². The van der Waals surface area contributed by atoms with Crippen LogP contribution < -0.4 is 20.4 Å². The number of nitrogens with one attached hydrogen (secondary N) is 2. The fourth-order valence-electron chi connectivity index (χ4n) is 2.93. The molecule has 9 heteroatoms. The molecule has 2 rings (SSSR count). The lowest BCUT2D eigenvalue weighted by Crippen LogP contribution is -2.27. The summed E-state index contributed by atoms with van der Waals surface area (Å²) in [7, 11) is 3.57. The molecule has 0 spiro atoms. The molecule has 0 radical (unpaired) electrons. The molecule has 2 amide bonds. The molecule has 0 atom stereocenters. The summed E-state index contributed by atoms with van der Waals surface area (Å²) in [5, 5.41) is 5.05. The van der Waals surface area contributed by atoms with Gasteiger partial charge in [0.15, 0.2) is 0 Å². The van der Waals surface area contributed by atoms with Gasteiger partial charge in [-0.3, -0.25) is 9.59 Å². The summed E-state index contributed by atoms with van der Waals surface area (Å²) in [5.41, 5.74) is 1.43. The molecule has 0 aliphatic rings. The maximum absolute atomic E-state index is 14.3. The number of halogens is 2. The topological polar surface area (TPSA) is 73.9 Å². The minimum absolute atomic E-state index is 0.121. The molecule has 0 aliphatic heterocycles. The maximum atomic E-state index is 14.3. The van der Waals surface area contributed by atoms with Crippen molar-refractivity contribution in [1.82, 2.24) is 0 Å². The summed E-state index contributed by atoms with van der Waals surface area (Å²) in [6.07, 6.45) is 0. The van der Waals surface area contributed by atoms with Crippen molar-refractivity contribution in [3.63, 3.8) is 0 Å². The SMILES string of the molecule is CC(C)N(C)c1ccc(NC(=O)COCC(=O)Nc2ccc(N(C)C(C)C)c(F)c2)cc1F. The molecule has 0 fully saturated rings. The van der Waals surface area contributed by atoms with Gasteiger partial charge in [-0.25, -0.2) is 8.78 Å². The molecule has 2 aromatic carbocycles. The highest BCUT2D eigenvalue weighted by Crippen LogP contribution is 2.24. The van der Waals surface area contributed by atoms with Gasteiger partial charge in [-0.1, -0.05) is 0 Å². The van der Waals surface area contributed by atoms with Gasteiger partial charge in [0, 0.05) is 37.6 Å². The Balaban J connectivity index is 1.82. The Morgan fingerprint density at radius 1 is 0.788 bits per heavy atom. The van der Waals surface area contributed by atoms with Crippen LogP contribution in [0.15, 0.2) is 36.4 Å². The van der Waals surface area contributed by atoms with Crippen molar-refractivity contribution in [3.8, 4) is 0 Å². The summed E-state index contributed by atoms with van der Waals surface area (Å²) in [6.45, 7) is 6.99. The van der Waals surface area contributed by atoms with E-state index in [0.717, 1.165) is 0 Å². The fraction of sp³-hybridized carbons (Fsp3) is 0.417. The van der Waals surface area contributed by atoms with E-state index in [0.29, 0.717) is 11.4 Å². The predicted molar refractivity (Wildman–Crippen MR) is 128 cm³/mol. The summed E-state index contributed by atoms with van der Waals surface area (Å²) in [6, 6.07) is 9.06. The Bertz CT molecular complexity index is 905. The third-order valence-electron chi connectivity index (χ3n) is 5.24. The van der Waals surface area contributed by atoms with Gasteiger partial charge in [0.25, 0.3) is 0 Å². The molecule has 33 heavy (non-hydrogen) atoms. The zero-order chi connectivity index (χ0) is 24.7. The summed E-state index contributed by atoms with van der Waals surface area (Å²) in [4.78, 5) is 27.6. The molecule has 0 aliphatic carbocycles. The number of anilines is 4. The van der Waals surface area contributed by atoms with Crippen LogP contribution in [0.25, 0.3) is 0 Å². The molecule has 7 nitrogen and oxygen atoms in total. The molecular weight excluding hydrogens is 430 g/mol. The van der Waals surface area contributed by atoms with Crippen LogP contribution in [0.2, 0.25) is 0 Å². The normalized spacial score (nSPS) is 11.0. The largest absolute Gasteiger partial charge is 0.370 e. The lowest BCUT2D eigenvalue weighted by molar-refractivity contribution is -0.125. The number of ether oxygens (including phenoxy) is 1. The average molecular weight is 463 g/mol. The Morgan fingerprint density at radius 3 is 1.45 bits per heavy atom. The van der Waals surface area contributed by atoms with E-state index in [1.54, 1.807) is 48.2 Å². The third-order valence-corrected chi connectivity index (χ3v) is 5.24. The van der Waals surface area contributed by atoms with Gasteiger partial charge in [-0.05, 0) is 64.1 Å². The van der Waals surface area contributed by atoms with Crippen LogP contribution in [-0.2, 0) is 14.3 Å². The van der Waals surface area contributed by atoms with Crippen molar-refractivity contribution in [2.45, 2.75) is 39.8 Å². The quantitative estimate of drug-likeness (QED) is 0.552. The molecule has 0 aromatic heterocycles. The van der Waals surface area contributed by atoms with E-state index >= 15 is 0 Å². The van der Waals surface area contributed by atoms with Gasteiger partial charge >= 0.3 is 0 Å². The average Bonchev–Trinajstić information content (AvgIpc) is 2.72. The monoisotopic (exact) mass is 462 g/mol. The molecule has 0 heterocycles. The first-order valence-corrected chi connectivity index (χ1v) is 10.7. The third kappa shape index (κ3) is 7.42.